The molecule has 0 radical (unpaired) electrons. The van der Waals surface area contributed by atoms with Crippen LogP contribution < -0.4 is 11.2 Å². The standard InChI is InChI=1S/C23H23F2N3O3/c1-3-20(17-7-9-18(24)10-8-17)28(14-16-5-4-6-19(25)13-16)22(30)15-27-12-11-21(29)26(2)23(27)31/h4-13,20H,3,14-15H2,1-2H3. The molecule has 8 heteroatoms. The van der Waals surface area contributed by atoms with Crippen LogP contribution >= 0.6 is 0 Å². The van der Waals surface area contributed by atoms with Crippen molar-refractivity contribution in [3.05, 3.63) is 104 Å². The maximum Gasteiger partial charge on any atom is 0.331 e. The Bertz CT molecular complexity index is 1190. The first-order chi connectivity index (χ1) is 14.8. The van der Waals surface area contributed by atoms with Gasteiger partial charge in [-0.1, -0.05) is 31.2 Å². The third-order valence-electron chi connectivity index (χ3n) is 5.15. The van der Waals surface area contributed by atoms with Crippen molar-refractivity contribution in [3.63, 3.8) is 0 Å². The van der Waals surface area contributed by atoms with Crippen LogP contribution in [-0.4, -0.2) is 19.9 Å². The van der Waals surface area contributed by atoms with E-state index in [0.29, 0.717) is 12.0 Å². The first-order valence-corrected chi connectivity index (χ1v) is 9.86. The van der Waals surface area contributed by atoms with Crippen LogP contribution in [-0.2, 0) is 24.9 Å². The molecule has 1 amide bonds. The van der Waals surface area contributed by atoms with Crippen LogP contribution in [0.1, 0.15) is 30.5 Å². The van der Waals surface area contributed by atoms with Crippen molar-refractivity contribution >= 4 is 5.91 Å². The number of carbonyl (C=O) groups excluding carboxylic acids is 1. The SMILES string of the molecule is CCC(c1ccc(F)cc1)N(Cc1cccc(F)c1)C(=O)Cn1ccc(=O)n(C)c1=O. The Morgan fingerprint density at radius 3 is 2.39 bits per heavy atom. The highest BCUT2D eigenvalue weighted by Crippen LogP contribution is 2.27. The topological polar surface area (TPSA) is 64.3 Å². The smallest absolute Gasteiger partial charge is 0.330 e. The number of benzene rings is 2. The van der Waals surface area contributed by atoms with Crippen molar-refractivity contribution in [1.29, 1.82) is 0 Å². The van der Waals surface area contributed by atoms with Gasteiger partial charge in [-0.15, -0.1) is 0 Å². The minimum atomic E-state index is -0.610. The molecule has 162 valence electrons. The number of aromatic nitrogens is 2. The van der Waals surface area contributed by atoms with E-state index in [-0.39, 0.29) is 19.0 Å². The zero-order valence-electron chi connectivity index (χ0n) is 17.3. The van der Waals surface area contributed by atoms with Crippen molar-refractivity contribution in [3.8, 4) is 0 Å². The largest absolute Gasteiger partial charge is 0.331 e. The molecule has 0 aliphatic rings. The molecule has 3 aromatic rings. The van der Waals surface area contributed by atoms with Crippen LogP contribution in [0.5, 0.6) is 0 Å². The monoisotopic (exact) mass is 427 g/mol. The fraction of sp³-hybridized carbons (Fsp3) is 0.261. The molecule has 31 heavy (non-hydrogen) atoms. The molecule has 1 unspecified atom stereocenters. The van der Waals surface area contributed by atoms with Gasteiger partial charge in [-0.2, -0.15) is 0 Å². The molecule has 6 nitrogen and oxygen atoms in total. The number of hydrogen-bond acceptors (Lipinski definition) is 3. The molecule has 0 fully saturated rings. The predicted octanol–water partition coefficient (Wildman–Crippen LogP) is 3.01. The van der Waals surface area contributed by atoms with E-state index in [9.17, 15) is 23.2 Å². The summed E-state index contributed by atoms with van der Waals surface area (Å²) >= 11 is 0. The summed E-state index contributed by atoms with van der Waals surface area (Å²) < 4.78 is 29.2. The third-order valence-corrected chi connectivity index (χ3v) is 5.15. The molecular weight excluding hydrogens is 404 g/mol. The molecule has 0 N–H and O–H groups in total. The van der Waals surface area contributed by atoms with Crippen molar-refractivity contribution in [1.82, 2.24) is 14.0 Å². The molecule has 0 aliphatic carbocycles. The van der Waals surface area contributed by atoms with Gasteiger partial charge < -0.3 is 4.90 Å². The molecular formula is C23H23F2N3O3. The summed E-state index contributed by atoms with van der Waals surface area (Å²) in [6.45, 7) is 1.70. The lowest BCUT2D eigenvalue weighted by Crippen LogP contribution is -2.42. The molecule has 0 saturated carbocycles. The molecule has 2 aromatic carbocycles. The van der Waals surface area contributed by atoms with Gasteiger partial charge in [-0.25, -0.2) is 13.6 Å². The van der Waals surface area contributed by atoms with E-state index in [4.69, 9.17) is 0 Å². The molecule has 1 atom stereocenters. The third kappa shape index (κ3) is 5.14. The van der Waals surface area contributed by atoms with Gasteiger partial charge in [0.2, 0.25) is 5.91 Å². The Hall–Kier alpha value is -3.55. The van der Waals surface area contributed by atoms with Crippen LogP contribution in [0.25, 0.3) is 0 Å². The van der Waals surface area contributed by atoms with E-state index < -0.39 is 28.9 Å². The zero-order chi connectivity index (χ0) is 22.5. The summed E-state index contributed by atoms with van der Waals surface area (Å²) in [4.78, 5) is 38.8. The average molecular weight is 427 g/mol. The van der Waals surface area contributed by atoms with Gasteiger partial charge in [-0.3, -0.25) is 18.7 Å². The maximum atomic E-state index is 13.7. The van der Waals surface area contributed by atoms with E-state index >= 15 is 0 Å². The highest BCUT2D eigenvalue weighted by molar-refractivity contribution is 5.76. The highest BCUT2D eigenvalue weighted by Gasteiger charge is 2.25. The van der Waals surface area contributed by atoms with Gasteiger partial charge in [0.25, 0.3) is 5.56 Å². The molecule has 0 saturated heterocycles. The summed E-state index contributed by atoms with van der Waals surface area (Å²) in [7, 11) is 1.34. The van der Waals surface area contributed by atoms with Gasteiger partial charge >= 0.3 is 5.69 Å². The second-order valence-corrected chi connectivity index (χ2v) is 7.25. The maximum absolute atomic E-state index is 13.7. The van der Waals surface area contributed by atoms with Gasteiger partial charge in [0.15, 0.2) is 0 Å². The van der Waals surface area contributed by atoms with E-state index in [0.717, 1.165) is 14.7 Å². The minimum absolute atomic E-state index is 0.104. The first kappa shape index (κ1) is 22.1. The predicted molar refractivity (Wildman–Crippen MR) is 112 cm³/mol. The highest BCUT2D eigenvalue weighted by atomic mass is 19.1. The van der Waals surface area contributed by atoms with Crippen LogP contribution in [0.4, 0.5) is 8.78 Å². The lowest BCUT2D eigenvalue weighted by Gasteiger charge is -2.32. The summed E-state index contributed by atoms with van der Waals surface area (Å²) in [5, 5.41) is 0. The number of halogens is 2. The number of nitrogens with zero attached hydrogens (tertiary/aromatic N) is 3. The normalized spacial score (nSPS) is 11.9. The zero-order valence-corrected chi connectivity index (χ0v) is 17.3. The lowest BCUT2D eigenvalue weighted by atomic mass is 10.0. The fourth-order valence-electron chi connectivity index (χ4n) is 3.50. The second kappa shape index (κ2) is 9.51. The molecule has 0 aliphatic heterocycles. The van der Waals surface area contributed by atoms with Gasteiger partial charge in [0.05, 0.1) is 6.04 Å². The molecule has 1 heterocycles. The summed E-state index contributed by atoms with van der Waals surface area (Å²) in [6.07, 6.45) is 1.80. The number of amides is 1. The van der Waals surface area contributed by atoms with E-state index in [1.54, 1.807) is 29.2 Å². The van der Waals surface area contributed by atoms with Gasteiger partial charge in [0, 0.05) is 25.9 Å². The molecule has 3 rings (SSSR count). The Balaban J connectivity index is 1.98. The Morgan fingerprint density at radius 2 is 1.74 bits per heavy atom. The average Bonchev–Trinajstić information content (AvgIpc) is 2.75. The van der Waals surface area contributed by atoms with Crippen molar-refractivity contribution < 1.29 is 13.6 Å². The lowest BCUT2D eigenvalue weighted by molar-refractivity contribution is -0.135. The Kier molecular flexibility index (Phi) is 6.79. The van der Waals surface area contributed by atoms with E-state index in [1.165, 1.54) is 43.6 Å². The van der Waals surface area contributed by atoms with E-state index in [1.807, 2.05) is 6.92 Å². The van der Waals surface area contributed by atoms with E-state index in [2.05, 4.69) is 0 Å². The van der Waals surface area contributed by atoms with Crippen molar-refractivity contribution in [2.75, 3.05) is 0 Å². The van der Waals surface area contributed by atoms with Crippen molar-refractivity contribution in [2.45, 2.75) is 32.5 Å². The van der Waals surface area contributed by atoms with Crippen LogP contribution in [0.3, 0.4) is 0 Å². The first-order valence-electron chi connectivity index (χ1n) is 9.86. The van der Waals surface area contributed by atoms with Crippen LogP contribution in [0.2, 0.25) is 0 Å². The Morgan fingerprint density at radius 1 is 1.03 bits per heavy atom. The second-order valence-electron chi connectivity index (χ2n) is 7.25. The number of carbonyl (C=O) groups is 1. The minimum Gasteiger partial charge on any atom is -0.330 e. The van der Waals surface area contributed by atoms with Gasteiger partial charge in [-0.05, 0) is 41.8 Å². The number of hydrogen-bond donors (Lipinski definition) is 0. The summed E-state index contributed by atoms with van der Waals surface area (Å²) in [6, 6.07) is 12.6. The quantitative estimate of drug-likeness (QED) is 0.582. The van der Waals surface area contributed by atoms with Crippen molar-refractivity contribution in [2.24, 2.45) is 7.05 Å². The Labute approximate surface area is 178 Å². The van der Waals surface area contributed by atoms with Gasteiger partial charge in [0.1, 0.15) is 18.2 Å². The van der Waals surface area contributed by atoms with Crippen LogP contribution in [0, 0.1) is 11.6 Å². The number of rotatable bonds is 7. The van der Waals surface area contributed by atoms with Crippen LogP contribution in [0.15, 0.2) is 70.4 Å². The summed E-state index contributed by atoms with van der Waals surface area (Å²) in [5.41, 5.74) is 0.229. The summed E-state index contributed by atoms with van der Waals surface area (Å²) in [5.74, 6) is -1.20. The fourth-order valence-corrected chi connectivity index (χ4v) is 3.50. The molecule has 0 bridgehead atoms. The molecule has 1 aromatic heterocycles. The molecule has 0 spiro atoms.